The van der Waals surface area contributed by atoms with Crippen LogP contribution in [-0.2, 0) is 14.5 Å². The Bertz CT molecular complexity index is 1110. The molecule has 1 amide bonds. The Hall–Kier alpha value is -2.21. The van der Waals surface area contributed by atoms with Gasteiger partial charge in [0.1, 0.15) is 17.4 Å². The number of alkyl halides is 1. The molecule has 0 unspecified atom stereocenters. The molecule has 0 radical (unpaired) electrons. The molecule has 0 spiro atoms. The summed E-state index contributed by atoms with van der Waals surface area (Å²) in [7, 11) is -3.55. The molecule has 3 aromatic rings. The van der Waals surface area contributed by atoms with Gasteiger partial charge in [0.25, 0.3) is 5.91 Å². The van der Waals surface area contributed by atoms with Gasteiger partial charge in [0.05, 0.1) is 17.2 Å². The van der Waals surface area contributed by atoms with E-state index in [1.54, 1.807) is 6.07 Å². The number of nitrogens with two attached hydrogens (primary N) is 1. The molecule has 0 saturated carbocycles. The summed E-state index contributed by atoms with van der Waals surface area (Å²) in [6, 6.07) is 6.98. The molecule has 10 heteroatoms. The number of sulfonamides is 1. The molecule has 0 bridgehead atoms. The Morgan fingerprint density at radius 3 is 2.54 bits per heavy atom. The van der Waals surface area contributed by atoms with E-state index in [2.05, 4.69) is 32.3 Å². The van der Waals surface area contributed by atoms with Crippen molar-refractivity contribution in [1.29, 1.82) is 0 Å². The molecule has 0 aliphatic heterocycles. The number of hydrogen-bond acceptors (Lipinski definition) is 5. The van der Waals surface area contributed by atoms with Crippen molar-refractivity contribution in [1.82, 2.24) is 4.98 Å². The molecule has 2 aromatic heterocycles. The second-order valence-electron chi connectivity index (χ2n) is 5.53. The minimum absolute atomic E-state index is 0.0536. The number of nitrogens with one attached hydrogen (secondary N) is 1. The zero-order valence-corrected chi connectivity index (χ0v) is 16.4. The first-order chi connectivity index (χ1) is 12.2. The van der Waals surface area contributed by atoms with E-state index in [-0.39, 0.29) is 22.9 Å². The topological polar surface area (TPSA) is 115 Å². The van der Waals surface area contributed by atoms with E-state index in [1.807, 2.05) is 0 Å². The van der Waals surface area contributed by atoms with Crippen molar-refractivity contribution in [2.75, 3.05) is 11.0 Å². The van der Waals surface area contributed by atoms with Crippen LogP contribution in [0.5, 0.6) is 0 Å². The number of carbonyl (C=O) groups excluding carboxylic acids is 1. The van der Waals surface area contributed by atoms with Gasteiger partial charge >= 0.3 is 0 Å². The maximum atomic E-state index is 13.2. The fraction of sp³-hybridized carbons (Fsp3) is 0.125. The zero-order valence-electron chi connectivity index (χ0n) is 13.4. The number of primary amides is 1. The SMILES string of the molecule is CS(=O)(=O)Nc1nc2oc(-c3ccc(F)cc3)c(C(N)=O)c2cc1CI. The van der Waals surface area contributed by atoms with Crippen molar-refractivity contribution in [2.45, 2.75) is 4.43 Å². The van der Waals surface area contributed by atoms with Crippen LogP contribution < -0.4 is 10.5 Å². The number of benzene rings is 1. The predicted octanol–water partition coefficient (Wildman–Crippen LogP) is 3.04. The number of aromatic nitrogens is 1. The zero-order chi connectivity index (χ0) is 19.1. The summed E-state index contributed by atoms with van der Waals surface area (Å²) < 4.78 is 44.7. The number of furan rings is 1. The highest BCUT2D eigenvalue weighted by atomic mass is 127. The van der Waals surface area contributed by atoms with Crippen molar-refractivity contribution < 1.29 is 22.0 Å². The van der Waals surface area contributed by atoms with Gasteiger partial charge in [-0.15, -0.1) is 0 Å². The lowest BCUT2D eigenvalue weighted by atomic mass is 10.0. The molecule has 0 saturated heterocycles. The second-order valence-corrected chi connectivity index (χ2v) is 8.05. The molecular weight excluding hydrogens is 476 g/mol. The summed E-state index contributed by atoms with van der Waals surface area (Å²) in [5.41, 5.74) is 6.69. The van der Waals surface area contributed by atoms with Crippen LogP contribution in [0.4, 0.5) is 10.2 Å². The van der Waals surface area contributed by atoms with E-state index in [1.165, 1.54) is 24.3 Å². The van der Waals surface area contributed by atoms with Crippen LogP contribution in [0.3, 0.4) is 0 Å². The molecule has 1 aromatic carbocycles. The van der Waals surface area contributed by atoms with Crippen LogP contribution in [0.15, 0.2) is 34.7 Å². The fourth-order valence-electron chi connectivity index (χ4n) is 2.48. The number of nitrogens with zero attached hydrogens (tertiary/aromatic N) is 1. The van der Waals surface area contributed by atoms with Gasteiger partial charge in [0.15, 0.2) is 0 Å². The van der Waals surface area contributed by atoms with Crippen molar-refractivity contribution in [3.63, 3.8) is 0 Å². The molecule has 7 nitrogen and oxygen atoms in total. The van der Waals surface area contributed by atoms with E-state index in [0.717, 1.165) is 6.26 Å². The van der Waals surface area contributed by atoms with Crippen LogP contribution in [-0.4, -0.2) is 25.6 Å². The van der Waals surface area contributed by atoms with Gasteiger partial charge in [-0.3, -0.25) is 9.52 Å². The molecule has 26 heavy (non-hydrogen) atoms. The number of hydrogen-bond donors (Lipinski definition) is 2. The average molecular weight is 489 g/mol. The number of halogens is 2. The van der Waals surface area contributed by atoms with Crippen molar-refractivity contribution in [3.05, 3.63) is 47.3 Å². The average Bonchev–Trinajstić information content (AvgIpc) is 2.91. The van der Waals surface area contributed by atoms with Crippen molar-refractivity contribution >= 4 is 55.4 Å². The van der Waals surface area contributed by atoms with Crippen LogP contribution in [0.25, 0.3) is 22.4 Å². The number of fused-ring (bicyclic) bond motifs is 1. The predicted molar refractivity (Wildman–Crippen MR) is 104 cm³/mol. The minimum atomic E-state index is -3.55. The van der Waals surface area contributed by atoms with Gasteiger partial charge in [-0.25, -0.2) is 12.8 Å². The Balaban J connectivity index is 2.29. The van der Waals surface area contributed by atoms with Crippen molar-refractivity contribution in [2.24, 2.45) is 5.73 Å². The van der Waals surface area contributed by atoms with Gasteiger partial charge in [0, 0.05) is 15.6 Å². The highest BCUT2D eigenvalue weighted by molar-refractivity contribution is 14.1. The Labute approximate surface area is 162 Å². The molecule has 3 N–H and O–H groups in total. The third-order valence-electron chi connectivity index (χ3n) is 3.54. The van der Waals surface area contributed by atoms with E-state index in [4.69, 9.17) is 10.2 Å². The summed E-state index contributed by atoms with van der Waals surface area (Å²) in [5, 5.41) is 0.363. The molecule has 2 heterocycles. The van der Waals surface area contributed by atoms with Gasteiger partial charge in [-0.2, -0.15) is 4.98 Å². The number of carbonyl (C=O) groups is 1. The maximum Gasteiger partial charge on any atom is 0.253 e. The van der Waals surface area contributed by atoms with Gasteiger partial charge < -0.3 is 10.2 Å². The largest absolute Gasteiger partial charge is 0.437 e. The smallest absolute Gasteiger partial charge is 0.253 e. The molecule has 0 aliphatic carbocycles. The number of anilines is 1. The lowest BCUT2D eigenvalue weighted by Gasteiger charge is -2.07. The standard InChI is InChI=1S/C16H13FIN3O4S/c1-26(23,24)21-15-9(7-18)6-11-12(14(19)22)13(25-16(11)20-15)8-2-4-10(17)5-3-8/h2-6H,7H2,1H3,(H2,19,22)(H,20,21). The lowest BCUT2D eigenvalue weighted by molar-refractivity contribution is 0.100. The highest BCUT2D eigenvalue weighted by Gasteiger charge is 2.23. The van der Waals surface area contributed by atoms with Gasteiger partial charge in [-0.1, -0.05) is 22.6 Å². The van der Waals surface area contributed by atoms with Crippen LogP contribution in [0.2, 0.25) is 0 Å². The molecule has 0 aliphatic rings. The van der Waals surface area contributed by atoms with E-state index in [0.29, 0.717) is 20.9 Å². The van der Waals surface area contributed by atoms with Gasteiger partial charge in [0.2, 0.25) is 15.7 Å². The quantitative estimate of drug-likeness (QED) is 0.423. The van der Waals surface area contributed by atoms with E-state index < -0.39 is 21.7 Å². The third kappa shape index (κ3) is 3.65. The first kappa shape index (κ1) is 18.6. The van der Waals surface area contributed by atoms with Crippen molar-refractivity contribution in [3.8, 4) is 11.3 Å². The third-order valence-corrected chi connectivity index (χ3v) is 4.93. The number of rotatable bonds is 5. The monoisotopic (exact) mass is 489 g/mol. The molecule has 3 rings (SSSR count). The molecule has 0 atom stereocenters. The lowest BCUT2D eigenvalue weighted by Crippen LogP contribution is -2.13. The Morgan fingerprint density at radius 1 is 1.35 bits per heavy atom. The maximum absolute atomic E-state index is 13.2. The summed E-state index contributed by atoms with van der Waals surface area (Å²) >= 11 is 2.05. The second kappa shape index (κ2) is 6.83. The molecule has 136 valence electrons. The van der Waals surface area contributed by atoms with Gasteiger partial charge in [-0.05, 0) is 30.3 Å². The molecular formula is C16H13FIN3O4S. The van der Waals surface area contributed by atoms with E-state index in [9.17, 15) is 17.6 Å². The first-order valence-corrected chi connectivity index (χ1v) is 10.7. The van der Waals surface area contributed by atoms with Crippen LogP contribution >= 0.6 is 22.6 Å². The van der Waals surface area contributed by atoms with E-state index >= 15 is 0 Å². The summed E-state index contributed by atoms with van der Waals surface area (Å²) in [5.74, 6) is -0.899. The number of pyridine rings is 1. The van der Waals surface area contributed by atoms with Crippen LogP contribution in [0.1, 0.15) is 15.9 Å². The Kier molecular flexibility index (Phi) is 4.88. The summed E-state index contributed by atoms with van der Waals surface area (Å²) in [6.07, 6.45) is 1.01. The molecule has 0 fully saturated rings. The normalized spacial score (nSPS) is 11.7. The highest BCUT2D eigenvalue weighted by Crippen LogP contribution is 2.35. The first-order valence-electron chi connectivity index (χ1n) is 7.25. The Morgan fingerprint density at radius 2 is 2.00 bits per heavy atom. The minimum Gasteiger partial charge on any atom is -0.437 e. The number of amides is 1. The summed E-state index contributed by atoms with van der Waals surface area (Å²) in [6.45, 7) is 0. The summed E-state index contributed by atoms with van der Waals surface area (Å²) in [4.78, 5) is 16.2. The van der Waals surface area contributed by atoms with Crippen LogP contribution in [0, 0.1) is 5.82 Å². The fourth-order valence-corrected chi connectivity index (χ4v) is 3.59.